The predicted octanol–water partition coefficient (Wildman–Crippen LogP) is 4.73. The standard InChI is InChI=1S/C17H7Cl3F3N5O3/c18-7-2-1-3-24-14(7)28-9(5-11(27-28)30-6-17(21,22)23)15-26-12-8(19)4-10(20)25-13(12)16(29)31-15/h1-5H,6H2. The van der Waals surface area contributed by atoms with E-state index in [0.29, 0.717) is 0 Å². The van der Waals surface area contributed by atoms with Gasteiger partial charge in [-0.15, -0.1) is 5.10 Å². The summed E-state index contributed by atoms with van der Waals surface area (Å²) < 4.78 is 48.6. The van der Waals surface area contributed by atoms with Gasteiger partial charge in [0, 0.05) is 12.3 Å². The third kappa shape index (κ3) is 4.43. The van der Waals surface area contributed by atoms with E-state index in [-0.39, 0.29) is 43.6 Å². The van der Waals surface area contributed by atoms with Crippen molar-refractivity contribution in [2.24, 2.45) is 0 Å². The minimum atomic E-state index is -4.60. The number of fused-ring (bicyclic) bond motifs is 1. The summed E-state index contributed by atoms with van der Waals surface area (Å²) in [6.45, 7) is -1.59. The third-order valence-electron chi connectivity index (χ3n) is 3.74. The van der Waals surface area contributed by atoms with Gasteiger partial charge in [0.25, 0.3) is 0 Å². The Balaban J connectivity index is 1.92. The van der Waals surface area contributed by atoms with Crippen molar-refractivity contribution < 1.29 is 22.3 Å². The van der Waals surface area contributed by atoms with E-state index in [0.717, 1.165) is 10.7 Å². The van der Waals surface area contributed by atoms with E-state index in [4.69, 9.17) is 44.0 Å². The summed E-state index contributed by atoms with van der Waals surface area (Å²) in [5, 5.41) is 4.02. The molecule has 4 aromatic rings. The van der Waals surface area contributed by atoms with E-state index in [1.165, 1.54) is 18.3 Å². The zero-order valence-electron chi connectivity index (χ0n) is 14.8. The molecule has 0 fully saturated rings. The summed E-state index contributed by atoms with van der Waals surface area (Å²) in [6.07, 6.45) is -3.21. The third-order valence-corrected chi connectivity index (χ3v) is 4.52. The Labute approximate surface area is 185 Å². The maximum absolute atomic E-state index is 12.6. The Morgan fingerprint density at radius 3 is 2.58 bits per heavy atom. The number of aromatic nitrogens is 5. The van der Waals surface area contributed by atoms with Gasteiger partial charge in [-0.05, 0) is 18.2 Å². The average Bonchev–Trinajstić information content (AvgIpc) is 3.11. The maximum atomic E-state index is 12.6. The van der Waals surface area contributed by atoms with Crippen LogP contribution < -0.4 is 10.4 Å². The molecule has 8 nitrogen and oxygen atoms in total. The van der Waals surface area contributed by atoms with E-state index in [1.807, 2.05) is 0 Å². The number of hydrogen-bond acceptors (Lipinski definition) is 7. The lowest BCUT2D eigenvalue weighted by Crippen LogP contribution is -2.19. The van der Waals surface area contributed by atoms with Crippen LogP contribution >= 0.6 is 34.8 Å². The Morgan fingerprint density at radius 1 is 1.10 bits per heavy atom. The minimum absolute atomic E-state index is 0.0135. The first-order valence-electron chi connectivity index (χ1n) is 8.20. The molecule has 0 aliphatic carbocycles. The van der Waals surface area contributed by atoms with Crippen molar-refractivity contribution in [2.75, 3.05) is 6.61 Å². The van der Waals surface area contributed by atoms with Crippen molar-refractivity contribution in [3.8, 4) is 23.3 Å². The Morgan fingerprint density at radius 2 is 1.87 bits per heavy atom. The lowest BCUT2D eigenvalue weighted by atomic mass is 10.3. The molecule has 160 valence electrons. The lowest BCUT2D eigenvalue weighted by molar-refractivity contribution is -0.154. The number of nitrogens with zero attached hydrogens (tertiary/aromatic N) is 5. The average molecular weight is 493 g/mol. The summed E-state index contributed by atoms with van der Waals surface area (Å²) in [5.74, 6) is -0.732. The fourth-order valence-corrected chi connectivity index (χ4v) is 3.22. The summed E-state index contributed by atoms with van der Waals surface area (Å²) in [4.78, 5) is 24.5. The van der Waals surface area contributed by atoms with Crippen molar-refractivity contribution in [3.63, 3.8) is 0 Å². The molecule has 0 unspecified atom stereocenters. The van der Waals surface area contributed by atoms with E-state index in [1.54, 1.807) is 6.07 Å². The molecule has 4 rings (SSSR count). The van der Waals surface area contributed by atoms with Crippen molar-refractivity contribution in [1.82, 2.24) is 24.7 Å². The molecule has 0 radical (unpaired) electrons. The van der Waals surface area contributed by atoms with Crippen LogP contribution in [0.4, 0.5) is 13.2 Å². The van der Waals surface area contributed by atoms with Crippen molar-refractivity contribution >= 4 is 45.8 Å². The van der Waals surface area contributed by atoms with Crippen LogP contribution in [0.2, 0.25) is 15.2 Å². The first kappa shape index (κ1) is 21.3. The molecule has 31 heavy (non-hydrogen) atoms. The fraction of sp³-hybridized carbons (Fsp3) is 0.118. The summed E-state index contributed by atoms with van der Waals surface area (Å²) in [6, 6.07) is 5.38. The Kier molecular flexibility index (Phi) is 5.50. The van der Waals surface area contributed by atoms with Gasteiger partial charge >= 0.3 is 11.8 Å². The minimum Gasteiger partial charge on any atom is -0.467 e. The number of alkyl halides is 3. The first-order chi connectivity index (χ1) is 14.6. The number of hydrogen-bond donors (Lipinski definition) is 0. The lowest BCUT2D eigenvalue weighted by Gasteiger charge is -2.07. The van der Waals surface area contributed by atoms with Gasteiger partial charge in [-0.1, -0.05) is 34.8 Å². The maximum Gasteiger partial charge on any atom is 0.422 e. The van der Waals surface area contributed by atoms with Gasteiger partial charge in [0.1, 0.15) is 16.4 Å². The number of ether oxygens (including phenoxy) is 1. The second kappa shape index (κ2) is 7.98. The van der Waals surface area contributed by atoms with Gasteiger partial charge in [0.05, 0.1) is 10.0 Å². The summed E-state index contributed by atoms with van der Waals surface area (Å²) in [7, 11) is 0. The van der Waals surface area contributed by atoms with E-state index in [9.17, 15) is 18.0 Å². The van der Waals surface area contributed by atoms with E-state index < -0.39 is 24.3 Å². The van der Waals surface area contributed by atoms with Crippen LogP contribution in [0.5, 0.6) is 5.88 Å². The second-order valence-electron chi connectivity index (χ2n) is 5.92. The van der Waals surface area contributed by atoms with Crippen LogP contribution in [-0.2, 0) is 0 Å². The highest BCUT2D eigenvalue weighted by Crippen LogP contribution is 2.30. The molecule has 0 aromatic carbocycles. The van der Waals surface area contributed by atoms with Crippen LogP contribution in [0.25, 0.3) is 28.4 Å². The molecule has 0 saturated carbocycles. The molecule has 0 atom stereocenters. The molecule has 0 saturated heterocycles. The summed E-state index contributed by atoms with van der Waals surface area (Å²) >= 11 is 18.1. The molecule has 4 heterocycles. The number of pyridine rings is 2. The monoisotopic (exact) mass is 491 g/mol. The second-order valence-corrected chi connectivity index (χ2v) is 7.12. The Hall–Kier alpha value is -2.89. The largest absolute Gasteiger partial charge is 0.467 e. The highest BCUT2D eigenvalue weighted by atomic mass is 35.5. The van der Waals surface area contributed by atoms with E-state index in [2.05, 4.69) is 20.1 Å². The topological polar surface area (TPSA) is 95.9 Å². The van der Waals surface area contributed by atoms with Crippen LogP contribution in [-0.4, -0.2) is 37.5 Å². The zero-order valence-corrected chi connectivity index (χ0v) is 17.1. The molecule has 0 spiro atoms. The van der Waals surface area contributed by atoms with Crippen LogP contribution in [0.15, 0.2) is 39.7 Å². The zero-order chi connectivity index (χ0) is 22.3. The van der Waals surface area contributed by atoms with Gasteiger partial charge in [-0.3, -0.25) is 0 Å². The van der Waals surface area contributed by atoms with Crippen LogP contribution in [0.3, 0.4) is 0 Å². The van der Waals surface area contributed by atoms with Gasteiger partial charge in [0.2, 0.25) is 11.8 Å². The molecule has 14 heteroatoms. The van der Waals surface area contributed by atoms with Crippen LogP contribution in [0, 0.1) is 0 Å². The highest BCUT2D eigenvalue weighted by Gasteiger charge is 2.30. The molecular weight excluding hydrogens is 486 g/mol. The molecule has 0 aliphatic heterocycles. The smallest absolute Gasteiger partial charge is 0.422 e. The first-order valence-corrected chi connectivity index (χ1v) is 9.33. The van der Waals surface area contributed by atoms with Crippen molar-refractivity contribution in [3.05, 3.63) is 56.1 Å². The molecular formula is C17H7Cl3F3N5O3. The molecule has 0 bridgehead atoms. The van der Waals surface area contributed by atoms with E-state index >= 15 is 0 Å². The van der Waals surface area contributed by atoms with Gasteiger partial charge in [0.15, 0.2) is 17.9 Å². The molecule has 0 N–H and O–H groups in total. The van der Waals surface area contributed by atoms with Crippen molar-refractivity contribution in [1.29, 1.82) is 0 Å². The summed E-state index contributed by atoms with van der Waals surface area (Å²) in [5.41, 5.74) is -1.25. The predicted molar refractivity (Wildman–Crippen MR) is 105 cm³/mol. The normalized spacial score (nSPS) is 11.8. The number of halogens is 6. The highest BCUT2D eigenvalue weighted by molar-refractivity contribution is 6.37. The Bertz CT molecular complexity index is 1360. The fourth-order valence-electron chi connectivity index (χ4n) is 2.53. The molecule has 4 aromatic heterocycles. The quantitative estimate of drug-likeness (QED) is 0.380. The van der Waals surface area contributed by atoms with Crippen LogP contribution in [0.1, 0.15) is 0 Å². The molecule has 0 aliphatic rings. The number of rotatable bonds is 4. The van der Waals surface area contributed by atoms with Gasteiger partial charge in [-0.25, -0.2) is 24.4 Å². The van der Waals surface area contributed by atoms with Crippen molar-refractivity contribution in [2.45, 2.75) is 6.18 Å². The SMILES string of the molecule is O=c1oc(-c2cc(OCC(F)(F)F)nn2-c2ncccc2Cl)nc2c(Cl)cc(Cl)nc12. The van der Waals surface area contributed by atoms with Gasteiger partial charge < -0.3 is 9.15 Å². The molecule has 0 amide bonds. The van der Waals surface area contributed by atoms with Gasteiger partial charge in [-0.2, -0.15) is 13.2 Å².